The van der Waals surface area contributed by atoms with E-state index in [1.165, 1.54) is 21.2 Å². The van der Waals surface area contributed by atoms with E-state index in [0.717, 1.165) is 0 Å². The lowest BCUT2D eigenvalue weighted by Gasteiger charge is -2.16. The first-order chi connectivity index (χ1) is 14.6. The maximum absolute atomic E-state index is 13.2. The highest BCUT2D eigenvalue weighted by atomic mass is 32.2. The Balaban J connectivity index is 1.56. The van der Waals surface area contributed by atoms with Crippen molar-refractivity contribution in [1.82, 2.24) is 14.5 Å². The summed E-state index contributed by atoms with van der Waals surface area (Å²) in [7, 11) is 0. The van der Waals surface area contributed by atoms with Gasteiger partial charge in [0, 0.05) is 0 Å². The smallest absolute Gasteiger partial charge is 0.266 e. The zero-order chi connectivity index (χ0) is 20.7. The fourth-order valence-electron chi connectivity index (χ4n) is 3.49. The minimum Gasteiger partial charge on any atom is -0.269 e. The average molecular weight is 413 g/mol. The van der Waals surface area contributed by atoms with Crippen molar-refractivity contribution in [3.05, 3.63) is 100 Å². The number of aromatic nitrogens is 2. The van der Waals surface area contributed by atoms with Gasteiger partial charge < -0.3 is 0 Å². The van der Waals surface area contributed by atoms with E-state index < -0.39 is 0 Å². The molecule has 2 amide bonds. The molecule has 0 N–H and O–H groups in total. The van der Waals surface area contributed by atoms with E-state index >= 15 is 0 Å². The highest BCUT2D eigenvalue weighted by Crippen LogP contribution is 2.27. The summed E-state index contributed by atoms with van der Waals surface area (Å²) in [6.07, 6.45) is 0. The Bertz CT molecular complexity index is 1330. The zero-order valence-corrected chi connectivity index (χ0v) is 16.5. The first-order valence-electron chi connectivity index (χ1n) is 9.30. The van der Waals surface area contributed by atoms with E-state index in [1.807, 2.05) is 36.4 Å². The van der Waals surface area contributed by atoms with Gasteiger partial charge in [0.15, 0.2) is 5.16 Å². The largest absolute Gasteiger partial charge is 0.269 e. The third kappa shape index (κ3) is 2.91. The van der Waals surface area contributed by atoms with Crippen LogP contribution in [0.2, 0.25) is 0 Å². The molecule has 4 aromatic rings. The van der Waals surface area contributed by atoms with Crippen molar-refractivity contribution in [2.75, 3.05) is 5.88 Å². The van der Waals surface area contributed by atoms with E-state index in [1.54, 1.807) is 42.5 Å². The predicted octanol–water partition coefficient (Wildman–Crippen LogP) is 3.73. The van der Waals surface area contributed by atoms with Crippen LogP contribution in [0.1, 0.15) is 20.7 Å². The van der Waals surface area contributed by atoms with E-state index in [-0.39, 0.29) is 23.3 Å². The summed E-state index contributed by atoms with van der Waals surface area (Å²) in [5.41, 5.74) is 1.84. The molecule has 0 spiro atoms. The highest BCUT2D eigenvalue weighted by molar-refractivity contribution is 7.99. The fraction of sp³-hybridized carbons (Fsp3) is 0.0435. The van der Waals surface area contributed by atoms with Crippen LogP contribution in [0, 0.1) is 0 Å². The molecule has 1 aliphatic heterocycles. The van der Waals surface area contributed by atoms with Gasteiger partial charge in [0.25, 0.3) is 17.4 Å². The number of carbonyl (C=O) groups is 2. The number of para-hydroxylation sites is 2. The molecule has 0 fully saturated rings. The maximum Gasteiger partial charge on any atom is 0.266 e. The molecule has 0 aliphatic carbocycles. The molecule has 5 rings (SSSR count). The Hall–Kier alpha value is -3.71. The third-order valence-electron chi connectivity index (χ3n) is 4.96. The molecule has 6 nitrogen and oxygen atoms in total. The lowest BCUT2D eigenvalue weighted by atomic mass is 10.1. The molecule has 0 saturated heterocycles. The van der Waals surface area contributed by atoms with Gasteiger partial charge in [-0.25, -0.2) is 4.98 Å². The van der Waals surface area contributed by atoms with Crippen LogP contribution < -0.4 is 5.56 Å². The Morgan fingerprint density at radius 2 is 1.33 bits per heavy atom. The number of imide groups is 1. The van der Waals surface area contributed by atoms with Gasteiger partial charge in [0.2, 0.25) is 0 Å². The lowest BCUT2D eigenvalue weighted by molar-refractivity contribution is 0.0684. The van der Waals surface area contributed by atoms with E-state index in [0.29, 0.717) is 32.9 Å². The monoisotopic (exact) mass is 413 g/mol. The van der Waals surface area contributed by atoms with Crippen LogP contribution >= 0.6 is 11.8 Å². The summed E-state index contributed by atoms with van der Waals surface area (Å²) in [5.74, 6) is -0.612. The normalized spacial score (nSPS) is 13.1. The second kappa shape index (κ2) is 7.27. The van der Waals surface area contributed by atoms with Gasteiger partial charge in [-0.15, -0.1) is 0 Å². The van der Waals surface area contributed by atoms with Crippen molar-refractivity contribution in [3.63, 3.8) is 0 Å². The third-order valence-corrected chi connectivity index (χ3v) is 5.88. The van der Waals surface area contributed by atoms with Gasteiger partial charge in [-0.1, -0.05) is 54.2 Å². The number of nitrogens with zero attached hydrogens (tertiary/aromatic N) is 3. The molecule has 0 radical (unpaired) electrons. The molecular formula is C23H15N3O3S. The molecule has 146 valence electrons. The first kappa shape index (κ1) is 18.3. The minimum atomic E-state index is -0.336. The molecule has 7 heteroatoms. The molecule has 30 heavy (non-hydrogen) atoms. The second-order valence-corrected chi connectivity index (χ2v) is 7.66. The summed E-state index contributed by atoms with van der Waals surface area (Å²) in [5, 5.41) is 0.924. The summed E-state index contributed by atoms with van der Waals surface area (Å²) in [6.45, 7) is 0. The molecule has 0 bridgehead atoms. The number of benzene rings is 3. The van der Waals surface area contributed by atoms with Gasteiger partial charge in [-0.2, -0.15) is 0 Å². The summed E-state index contributed by atoms with van der Waals surface area (Å²) in [6, 6.07) is 23.1. The van der Waals surface area contributed by atoms with E-state index in [9.17, 15) is 14.4 Å². The van der Waals surface area contributed by atoms with E-state index in [4.69, 9.17) is 0 Å². The minimum absolute atomic E-state index is 0.0595. The van der Waals surface area contributed by atoms with Crippen LogP contribution in [0.5, 0.6) is 0 Å². The lowest BCUT2D eigenvalue weighted by Crippen LogP contribution is -2.30. The van der Waals surface area contributed by atoms with Crippen LogP contribution in [0.3, 0.4) is 0 Å². The standard InChI is InChI=1S/C23H15N3O3S/c27-20-16-10-4-5-11-17(16)21(28)25(20)14-30-23-24-19-13-7-6-12-18(19)22(29)26(23)15-8-2-1-3-9-15/h1-13H,14H2. The van der Waals surface area contributed by atoms with Crippen molar-refractivity contribution in [2.45, 2.75) is 5.16 Å². The van der Waals surface area contributed by atoms with Crippen molar-refractivity contribution in [3.8, 4) is 5.69 Å². The van der Waals surface area contributed by atoms with Crippen LogP contribution in [-0.2, 0) is 0 Å². The SMILES string of the molecule is O=C1c2ccccc2C(=O)N1CSc1nc2ccccc2c(=O)n1-c1ccccc1. The quantitative estimate of drug-likeness (QED) is 0.290. The van der Waals surface area contributed by atoms with E-state index in [2.05, 4.69) is 4.98 Å². The Morgan fingerprint density at radius 3 is 2.03 bits per heavy atom. The molecule has 3 aromatic carbocycles. The zero-order valence-electron chi connectivity index (χ0n) is 15.7. The summed E-state index contributed by atoms with van der Waals surface area (Å²) in [4.78, 5) is 44.4. The number of hydrogen-bond donors (Lipinski definition) is 0. The molecular weight excluding hydrogens is 398 g/mol. The first-order valence-corrected chi connectivity index (χ1v) is 10.3. The van der Waals surface area contributed by atoms with Crippen LogP contribution in [-0.4, -0.2) is 32.1 Å². The topological polar surface area (TPSA) is 72.3 Å². The van der Waals surface area contributed by atoms with Crippen molar-refractivity contribution >= 4 is 34.5 Å². The fourth-order valence-corrected chi connectivity index (χ4v) is 4.45. The predicted molar refractivity (Wildman–Crippen MR) is 115 cm³/mol. The van der Waals surface area contributed by atoms with Gasteiger partial charge in [0.05, 0.1) is 33.6 Å². The number of amides is 2. The number of rotatable bonds is 4. The molecule has 0 atom stereocenters. The molecule has 0 unspecified atom stereocenters. The molecule has 1 aromatic heterocycles. The number of thioether (sulfide) groups is 1. The van der Waals surface area contributed by atoms with Gasteiger partial charge in [-0.05, 0) is 36.4 Å². The Morgan fingerprint density at radius 1 is 0.733 bits per heavy atom. The average Bonchev–Trinajstić information content (AvgIpc) is 3.03. The number of hydrogen-bond acceptors (Lipinski definition) is 5. The van der Waals surface area contributed by atoms with Gasteiger partial charge in [0.1, 0.15) is 0 Å². The second-order valence-electron chi connectivity index (χ2n) is 6.74. The molecule has 2 heterocycles. The highest BCUT2D eigenvalue weighted by Gasteiger charge is 2.35. The summed E-state index contributed by atoms with van der Waals surface area (Å²) >= 11 is 1.18. The van der Waals surface area contributed by atoms with Gasteiger partial charge >= 0.3 is 0 Å². The van der Waals surface area contributed by atoms with Crippen molar-refractivity contribution in [2.24, 2.45) is 0 Å². The summed E-state index contributed by atoms with van der Waals surface area (Å²) < 4.78 is 1.52. The number of fused-ring (bicyclic) bond motifs is 2. The molecule has 0 saturated carbocycles. The van der Waals surface area contributed by atoms with Crippen LogP contribution in [0.25, 0.3) is 16.6 Å². The Kier molecular flexibility index (Phi) is 4.44. The molecule has 1 aliphatic rings. The van der Waals surface area contributed by atoms with Gasteiger partial charge in [-0.3, -0.25) is 23.9 Å². The van der Waals surface area contributed by atoms with Crippen LogP contribution in [0.4, 0.5) is 0 Å². The van der Waals surface area contributed by atoms with Crippen LogP contribution in [0.15, 0.2) is 88.8 Å². The number of carbonyl (C=O) groups excluding carboxylic acids is 2. The Labute approximate surface area is 175 Å². The maximum atomic E-state index is 13.2. The van der Waals surface area contributed by atoms with Crippen molar-refractivity contribution in [1.29, 1.82) is 0 Å². The van der Waals surface area contributed by atoms with Crippen molar-refractivity contribution < 1.29 is 9.59 Å².